The third-order valence-corrected chi connectivity index (χ3v) is 4.99. The zero-order chi connectivity index (χ0) is 17.6. The number of carbonyl (C=O) groups excluding carboxylic acids is 2. The molecule has 132 valence electrons. The molecule has 1 N–H and O–H groups in total. The van der Waals surface area contributed by atoms with Gasteiger partial charge in [-0.2, -0.15) is 0 Å². The van der Waals surface area contributed by atoms with Gasteiger partial charge in [0.1, 0.15) is 6.10 Å². The van der Waals surface area contributed by atoms with Gasteiger partial charge in [-0.25, -0.2) is 4.98 Å². The molecular weight excluding hydrogens is 340 g/mol. The summed E-state index contributed by atoms with van der Waals surface area (Å²) in [4.78, 5) is 28.5. The molecule has 0 saturated carbocycles. The number of nitrogens with zero attached hydrogens (tertiary/aromatic N) is 1. The van der Waals surface area contributed by atoms with Crippen molar-refractivity contribution in [3.63, 3.8) is 0 Å². The zero-order valence-corrected chi connectivity index (χ0v) is 14.8. The summed E-state index contributed by atoms with van der Waals surface area (Å²) in [6, 6.07) is 7.02. The molecule has 0 bridgehead atoms. The number of aromatic nitrogens is 1. The van der Waals surface area contributed by atoms with E-state index in [1.807, 2.05) is 17.5 Å². The molecule has 2 aromatic heterocycles. The van der Waals surface area contributed by atoms with Crippen LogP contribution in [0.3, 0.4) is 0 Å². The van der Waals surface area contributed by atoms with Gasteiger partial charge in [-0.15, -0.1) is 11.3 Å². The van der Waals surface area contributed by atoms with Crippen molar-refractivity contribution < 1.29 is 19.1 Å². The number of thiophene rings is 1. The highest BCUT2D eigenvalue weighted by Crippen LogP contribution is 2.18. The van der Waals surface area contributed by atoms with Gasteiger partial charge in [0.2, 0.25) is 11.8 Å². The lowest BCUT2D eigenvalue weighted by Gasteiger charge is -2.32. The highest BCUT2D eigenvalue weighted by molar-refractivity contribution is 7.12. The Labute approximate surface area is 150 Å². The van der Waals surface area contributed by atoms with Crippen molar-refractivity contribution in [1.82, 2.24) is 10.3 Å². The molecule has 0 spiro atoms. The Morgan fingerprint density at radius 3 is 3.04 bits per heavy atom. The van der Waals surface area contributed by atoms with Gasteiger partial charge in [-0.05, 0) is 30.0 Å². The molecule has 0 radical (unpaired) electrons. The second-order valence-corrected chi connectivity index (χ2v) is 6.83. The van der Waals surface area contributed by atoms with E-state index in [0.717, 1.165) is 5.56 Å². The lowest BCUT2D eigenvalue weighted by molar-refractivity contribution is -0.123. The monoisotopic (exact) mass is 360 g/mol. The summed E-state index contributed by atoms with van der Waals surface area (Å²) in [6.07, 6.45) is 2.42. The van der Waals surface area contributed by atoms with Crippen LogP contribution in [-0.4, -0.2) is 42.0 Å². The van der Waals surface area contributed by atoms with Gasteiger partial charge in [0.05, 0.1) is 30.6 Å². The number of pyridine rings is 1. The molecule has 0 unspecified atom stereocenters. The first-order valence-electron chi connectivity index (χ1n) is 8.15. The number of carbonyl (C=O) groups is 2. The van der Waals surface area contributed by atoms with E-state index in [9.17, 15) is 9.59 Å². The molecule has 25 heavy (non-hydrogen) atoms. The smallest absolute Gasteiger partial charge is 0.224 e. The summed E-state index contributed by atoms with van der Waals surface area (Å²) in [5.41, 5.74) is 0.839. The molecule has 1 saturated heterocycles. The van der Waals surface area contributed by atoms with Crippen LogP contribution in [0.4, 0.5) is 0 Å². The van der Waals surface area contributed by atoms with E-state index < -0.39 is 0 Å². The number of hydrogen-bond acceptors (Lipinski definition) is 6. The van der Waals surface area contributed by atoms with Gasteiger partial charge in [0, 0.05) is 18.7 Å². The van der Waals surface area contributed by atoms with Crippen LogP contribution < -0.4 is 10.1 Å². The van der Waals surface area contributed by atoms with Crippen LogP contribution in [0.2, 0.25) is 0 Å². The number of rotatable bonds is 6. The summed E-state index contributed by atoms with van der Waals surface area (Å²) in [5, 5.41) is 4.82. The molecular formula is C18H20N2O4S. The number of nitrogens with one attached hydrogen (secondary N) is 1. The van der Waals surface area contributed by atoms with E-state index in [1.54, 1.807) is 18.3 Å². The van der Waals surface area contributed by atoms with Gasteiger partial charge in [0.25, 0.3) is 0 Å². The number of Topliss-reactive ketones (excluding diaryl/α,β-unsaturated/α-hetero) is 1. The fourth-order valence-electron chi connectivity index (χ4n) is 2.66. The van der Waals surface area contributed by atoms with Crippen LogP contribution in [0.25, 0.3) is 0 Å². The number of hydrogen-bond donors (Lipinski definition) is 1. The van der Waals surface area contributed by atoms with Gasteiger partial charge in [-0.3, -0.25) is 9.59 Å². The first kappa shape index (κ1) is 17.6. The lowest BCUT2D eigenvalue weighted by Crippen LogP contribution is -2.52. The van der Waals surface area contributed by atoms with Gasteiger partial charge >= 0.3 is 0 Å². The number of ketones is 1. The average Bonchev–Trinajstić information content (AvgIpc) is 3.06. The van der Waals surface area contributed by atoms with Crippen molar-refractivity contribution in [3.8, 4) is 5.88 Å². The van der Waals surface area contributed by atoms with Gasteiger partial charge < -0.3 is 14.8 Å². The van der Waals surface area contributed by atoms with Crippen LogP contribution in [0.5, 0.6) is 5.88 Å². The Morgan fingerprint density at radius 2 is 2.32 bits per heavy atom. The second kappa shape index (κ2) is 8.22. The molecule has 2 aromatic rings. The van der Waals surface area contributed by atoms with Crippen LogP contribution in [0, 0.1) is 0 Å². The van der Waals surface area contributed by atoms with Crippen molar-refractivity contribution in [2.45, 2.75) is 31.9 Å². The normalized spacial score (nSPS) is 20.0. The van der Waals surface area contributed by atoms with E-state index in [2.05, 4.69) is 10.3 Å². The predicted octanol–water partition coefficient (Wildman–Crippen LogP) is 2.24. The number of amides is 1. The molecule has 1 fully saturated rings. The van der Waals surface area contributed by atoms with E-state index >= 15 is 0 Å². The molecule has 3 heterocycles. The topological polar surface area (TPSA) is 77.5 Å². The largest absolute Gasteiger partial charge is 0.472 e. The molecule has 6 nitrogen and oxygen atoms in total. The fourth-order valence-corrected chi connectivity index (χ4v) is 3.48. The maximum Gasteiger partial charge on any atom is 0.224 e. The van der Waals surface area contributed by atoms with Crippen molar-refractivity contribution >= 4 is 23.0 Å². The molecule has 1 amide bonds. The average molecular weight is 360 g/mol. The number of ether oxygens (including phenoxy) is 2. The van der Waals surface area contributed by atoms with Gasteiger partial charge in [-0.1, -0.05) is 6.07 Å². The quantitative estimate of drug-likeness (QED) is 0.800. The third kappa shape index (κ3) is 4.87. The summed E-state index contributed by atoms with van der Waals surface area (Å²) in [6.45, 7) is 2.52. The summed E-state index contributed by atoms with van der Waals surface area (Å²) in [7, 11) is 0. The van der Waals surface area contributed by atoms with E-state index in [-0.39, 0.29) is 30.3 Å². The minimum absolute atomic E-state index is 0.0150. The molecule has 7 heteroatoms. The van der Waals surface area contributed by atoms with Crippen molar-refractivity contribution in [2.24, 2.45) is 0 Å². The first-order valence-corrected chi connectivity index (χ1v) is 9.03. The Balaban J connectivity index is 1.58. The van der Waals surface area contributed by atoms with Crippen molar-refractivity contribution in [1.29, 1.82) is 0 Å². The summed E-state index contributed by atoms with van der Waals surface area (Å²) >= 11 is 1.36. The highest BCUT2D eigenvalue weighted by Gasteiger charge is 2.29. The molecule has 0 aromatic carbocycles. The molecule has 0 aliphatic carbocycles. The maximum absolute atomic E-state index is 12.3. The zero-order valence-electron chi connectivity index (χ0n) is 13.9. The SMILES string of the molecule is CC(=O)c1cc(CC(=O)N[C@@H]2COCC[C@H]2Oc2ccccn2)cs1. The van der Waals surface area contributed by atoms with Crippen molar-refractivity contribution in [3.05, 3.63) is 46.3 Å². The molecule has 1 aliphatic heterocycles. The van der Waals surface area contributed by atoms with E-state index in [4.69, 9.17) is 9.47 Å². The van der Waals surface area contributed by atoms with Gasteiger partial charge in [0.15, 0.2) is 5.78 Å². The highest BCUT2D eigenvalue weighted by atomic mass is 32.1. The molecule has 1 aliphatic rings. The maximum atomic E-state index is 12.3. The minimum Gasteiger partial charge on any atom is -0.472 e. The summed E-state index contributed by atoms with van der Waals surface area (Å²) in [5.74, 6) is 0.441. The minimum atomic E-state index is -0.228. The van der Waals surface area contributed by atoms with Crippen LogP contribution in [0.1, 0.15) is 28.6 Å². The second-order valence-electron chi connectivity index (χ2n) is 5.91. The predicted molar refractivity (Wildman–Crippen MR) is 94.0 cm³/mol. The standard InChI is InChI=1S/C18H20N2O4S/c1-12(21)16-8-13(11-25-16)9-17(22)20-14-10-23-7-5-15(14)24-18-4-2-3-6-19-18/h2-4,6,8,11,14-15H,5,7,9-10H2,1H3,(H,20,22)/t14-,15-/m1/s1. The Bertz CT molecular complexity index is 732. The molecule has 3 rings (SSSR count). The third-order valence-electron chi connectivity index (χ3n) is 3.91. The van der Waals surface area contributed by atoms with E-state index in [0.29, 0.717) is 30.4 Å². The Hall–Kier alpha value is -2.25. The Kier molecular flexibility index (Phi) is 5.78. The Morgan fingerprint density at radius 1 is 1.44 bits per heavy atom. The van der Waals surface area contributed by atoms with Crippen LogP contribution >= 0.6 is 11.3 Å². The van der Waals surface area contributed by atoms with Crippen LogP contribution in [-0.2, 0) is 16.0 Å². The van der Waals surface area contributed by atoms with E-state index in [1.165, 1.54) is 18.3 Å². The molecule has 2 atom stereocenters. The summed E-state index contributed by atoms with van der Waals surface area (Å²) < 4.78 is 11.4. The lowest BCUT2D eigenvalue weighted by atomic mass is 10.1. The first-order chi connectivity index (χ1) is 12.1. The van der Waals surface area contributed by atoms with Crippen molar-refractivity contribution in [2.75, 3.05) is 13.2 Å². The van der Waals surface area contributed by atoms with Crippen LogP contribution in [0.15, 0.2) is 35.8 Å². The fraction of sp³-hybridized carbons (Fsp3) is 0.389.